The molecule has 36 heavy (non-hydrogen) atoms. The Kier molecular flexibility index (Phi) is 6.14. The minimum atomic E-state index is -4.48. The van der Waals surface area contributed by atoms with Crippen molar-refractivity contribution in [1.29, 1.82) is 0 Å². The van der Waals surface area contributed by atoms with Gasteiger partial charge in [0.1, 0.15) is 11.6 Å². The molecule has 0 bridgehead atoms. The molecule has 2 aliphatic heterocycles. The van der Waals surface area contributed by atoms with Crippen molar-refractivity contribution in [3.05, 3.63) is 70.3 Å². The number of nitrogens with one attached hydrogen (secondary N) is 2. The summed E-state index contributed by atoms with van der Waals surface area (Å²) >= 11 is 0. The summed E-state index contributed by atoms with van der Waals surface area (Å²) in [7, 11) is 0. The lowest BCUT2D eigenvalue weighted by Gasteiger charge is -2.11. The van der Waals surface area contributed by atoms with Crippen LogP contribution in [-0.2, 0) is 12.4 Å². The van der Waals surface area contributed by atoms with E-state index in [1.807, 2.05) is 0 Å². The van der Waals surface area contributed by atoms with Crippen LogP contribution < -0.4 is 10.6 Å². The van der Waals surface area contributed by atoms with Crippen molar-refractivity contribution in [3.63, 3.8) is 0 Å². The molecule has 0 unspecified atom stereocenters. The molecule has 0 amide bonds. The first-order chi connectivity index (χ1) is 16.8. The lowest BCUT2D eigenvalue weighted by atomic mass is 9.97. The average molecular weight is 518 g/mol. The van der Waals surface area contributed by atoms with Gasteiger partial charge in [-0.05, 0) is 96.8 Å². The van der Waals surface area contributed by atoms with Crippen LogP contribution in [0.15, 0.2) is 36.4 Å². The van der Waals surface area contributed by atoms with Crippen LogP contribution in [0.4, 0.5) is 35.1 Å². The highest BCUT2D eigenvalue weighted by Crippen LogP contribution is 2.64. The van der Waals surface area contributed by atoms with Crippen LogP contribution in [0.1, 0.15) is 59.8 Å². The van der Waals surface area contributed by atoms with Gasteiger partial charge in [0.2, 0.25) is 0 Å². The maximum absolute atomic E-state index is 13.8. The molecule has 2 saturated heterocycles. The predicted octanol–water partition coefficient (Wildman–Crippen LogP) is 6.62. The zero-order valence-corrected chi connectivity index (χ0v) is 19.3. The fourth-order valence-corrected chi connectivity index (χ4v) is 6.02. The largest absolute Gasteiger partial charge is 0.416 e. The van der Waals surface area contributed by atoms with E-state index in [1.54, 1.807) is 0 Å². The van der Waals surface area contributed by atoms with Crippen molar-refractivity contribution >= 4 is 0 Å². The topological polar surface area (TPSA) is 24.1 Å². The SMILES string of the molecule is Fc1cc(C(F)(F)F)ccc1[C@@H]1C[C@@]12CCNC2.Fc1cc(C(F)(F)F)ccc1[C@H]1C[C@]12CCNC2. The minimum absolute atomic E-state index is 0.0785. The van der Waals surface area contributed by atoms with Crippen molar-refractivity contribution in [3.8, 4) is 0 Å². The Morgan fingerprint density at radius 2 is 1.03 bits per heavy atom. The summed E-state index contributed by atoms with van der Waals surface area (Å²) in [6, 6.07) is 5.79. The van der Waals surface area contributed by atoms with Gasteiger partial charge >= 0.3 is 12.4 Å². The molecule has 10 heteroatoms. The molecule has 2 heterocycles. The Morgan fingerprint density at radius 3 is 1.31 bits per heavy atom. The van der Waals surface area contributed by atoms with Gasteiger partial charge in [0.05, 0.1) is 11.1 Å². The monoisotopic (exact) mass is 518 g/mol. The number of hydrogen-bond donors (Lipinski definition) is 2. The fourth-order valence-electron chi connectivity index (χ4n) is 6.02. The van der Waals surface area contributed by atoms with E-state index >= 15 is 0 Å². The van der Waals surface area contributed by atoms with E-state index in [0.717, 1.165) is 64.0 Å². The van der Waals surface area contributed by atoms with Crippen LogP contribution in [0, 0.1) is 22.5 Å². The first kappa shape index (κ1) is 25.4. The van der Waals surface area contributed by atoms with Crippen LogP contribution in [0.5, 0.6) is 0 Å². The molecule has 2 nitrogen and oxygen atoms in total. The highest BCUT2D eigenvalue weighted by Gasteiger charge is 2.57. The van der Waals surface area contributed by atoms with E-state index in [4.69, 9.17) is 0 Å². The molecule has 4 fully saturated rings. The lowest BCUT2D eigenvalue weighted by molar-refractivity contribution is -0.138. The van der Waals surface area contributed by atoms with Crippen LogP contribution >= 0.6 is 0 Å². The third-order valence-corrected chi connectivity index (χ3v) is 8.34. The molecule has 2 spiro atoms. The third-order valence-electron chi connectivity index (χ3n) is 8.34. The zero-order chi connectivity index (χ0) is 25.9. The fraction of sp³-hybridized carbons (Fsp3) is 0.538. The van der Waals surface area contributed by atoms with Crippen molar-refractivity contribution in [1.82, 2.24) is 10.6 Å². The summed E-state index contributed by atoms with van der Waals surface area (Å²) in [6.07, 6.45) is -5.23. The normalized spacial score (nSPS) is 31.0. The first-order valence-electron chi connectivity index (χ1n) is 12.0. The van der Waals surface area contributed by atoms with Gasteiger partial charge in [-0.2, -0.15) is 26.3 Å². The second-order valence-electron chi connectivity index (χ2n) is 10.6. The van der Waals surface area contributed by atoms with Crippen molar-refractivity contribution in [2.45, 2.75) is 49.9 Å². The number of alkyl halides is 6. The van der Waals surface area contributed by atoms with Gasteiger partial charge in [0, 0.05) is 13.1 Å². The van der Waals surface area contributed by atoms with Gasteiger partial charge in [-0.25, -0.2) is 8.78 Å². The van der Waals surface area contributed by atoms with Crippen molar-refractivity contribution in [2.75, 3.05) is 26.2 Å². The van der Waals surface area contributed by atoms with E-state index in [1.165, 1.54) is 12.1 Å². The van der Waals surface area contributed by atoms with Gasteiger partial charge in [-0.3, -0.25) is 0 Å². The second-order valence-corrected chi connectivity index (χ2v) is 10.6. The summed E-state index contributed by atoms with van der Waals surface area (Å²) in [5, 5.41) is 6.45. The molecule has 196 valence electrons. The molecule has 2 saturated carbocycles. The van der Waals surface area contributed by atoms with Crippen LogP contribution in [-0.4, -0.2) is 26.2 Å². The Morgan fingerprint density at radius 1 is 0.639 bits per heavy atom. The Balaban J connectivity index is 0.000000148. The Bertz CT molecular complexity index is 1040. The molecule has 2 aliphatic carbocycles. The van der Waals surface area contributed by atoms with E-state index in [9.17, 15) is 35.1 Å². The highest BCUT2D eigenvalue weighted by molar-refractivity contribution is 5.37. The van der Waals surface area contributed by atoms with E-state index in [0.29, 0.717) is 23.3 Å². The smallest absolute Gasteiger partial charge is 0.316 e. The van der Waals surface area contributed by atoms with Crippen LogP contribution in [0.2, 0.25) is 0 Å². The lowest BCUT2D eigenvalue weighted by Crippen LogP contribution is -2.11. The molecular weight excluding hydrogens is 492 g/mol. The predicted molar refractivity (Wildman–Crippen MR) is 117 cm³/mol. The molecule has 4 aliphatic rings. The van der Waals surface area contributed by atoms with Crippen molar-refractivity contribution in [2.24, 2.45) is 10.8 Å². The Hall–Kier alpha value is -2.20. The Labute approximate surface area is 203 Å². The second kappa shape index (κ2) is 8.68. The number of hydrogen-bond acceptors (Lipinski definition) is 2. The molecule has 2 aromatic carbocycles. The van der Waals surface area contributed by atoms with Crippen LogP contribution in [0.25, 0.3) is 0 Å². The van der Waals surface area contributed by atoms with Gasteiger partial charge < -0.3 is 10.6 Å². The summed E-state index contributed by atoms with van der Waals surface area (Å²) in [4.78, 5) is 0. The summed E-state index contributed by atoms with van der Waals surface area (Å²) < 4.78 is 102. The summed E-state index contributed by atoms with van der Waals surface area (Å²) in [5.74, 6) is -1.29. The van der Waals surface area contributed by atoms with Gasteiger partial charge in [-0.1, -0.05) is 12.1 Å². The zero-order valence-electron chi connectivity index (χ0n) is 19.3. The van der Waals surface area contributed by atoms with Gasteiger partial charge in [0.15, 0.2) is 0 Å². The van der Waals surface area contributed by atoms with Crippen LogP contribution in [0.3, 0.4) is 0 Å². The van der Waals surface area contributed by atoms with Gasteiger partial charge in [-0.15, -0.1) is 0 Å². The number of benzene rings is 2. The van der Waals surface area contributed by atoms with E-state index in [-0.39, 0.29) is 22.7 Å². The molecule has 0 aromatic heterocycles. The summed E-state index contributed by atoms with van der Waals surface area (Å²) in [5.41, 5.74) is -0.759. The summed E-state index contributed by atoms with van der Waals surface area (Å²) in [6.45, 7) is 3.52. The maximum Gasteiger partial charge on any atom is 0.416 e. The minimum Gasteiger partial charge on any atom is -0.316 e. The number of rotatable bonds is 2. The van der Waals surface area contributed by atoms with E-state index < -0.39 is 35.1 Å². The average Bonchev–Trinajstić information content (AvgIpc) is 3.48. The highest BCUT2D eigenvalue weighted by atomic mass is 19.4. The van der Waals surface area contributed by atoms with Gasteiger partial charge in [0.25, 0.3) is 0 Å². The quantitative estimate of drug-likeness (QED) is 0.437. The van der Waals surface area contributed by atoms with Crippen molar-refractivity contribution < 1.29 is 35.1 Å². The third kappa shape index (κ3) is 4.74. The molecule has 2 aromatic rings. The maximum atomic E-state index is 13.8. The van der Waals surface area contributed by atoms with E-state index in [2.05, 4.69) is 10.6 Å². The first-order valence-corrected chi connectivity index (χ1v) is 12.0. The molecular formula is C26H26F8N2. The number of halogens is 8. The molecule has 0 radical (unpaired) electrons. The molecule has 4 atom stereocenters. The standard InChI is InChI=1S/2C13H13F4N/c2*14-11-5-8(13(15,16)17)1-2-9(11)10-6-12(10)3-4-18-7-12/h2*1-2,5,10,18H,3-4,6-7H2/t2*10-,12+/m10/s1. The molecule has 6 rings (SSSR count). The molecule has 2 N–H and O–H groups in total.